The average Bonchev–Trinajstić information content (AvgIpc) is 2.82. The van der Waals surface area contributed by atoms with Gasteiger partial charge in [0.15, 0.2) is 0 Å². The SMILES string of the molecule is Cc1ccc(NC(=O)[C@H]2CC(C)C[C@H]2C(=O)O)c(C)c1O. The zero-order chi connectivity index (χ0) is 15.7. The van der Waals surface area contributed by atoms with Gasteiger partial charge in [0, 0.05) is 11.3 Å². The highest BCUT2D eigenvalue weighted by molar-refractivity contribution is 5.96. The van der Waals surface area contributed by atoms with Crippen molar-refractivity contribution >= 4 is 17.6 Å². The summed E-state index contributed by atoms with van der Waals surface area (Å²) in [6, 6.07) is 3.46. The number of rotatable bonds is 3. The van der Waals surface area contributed by atoms with E-state index in [1.165, 1.54) is 0 Å². The molecule has 0 spiro atoms. The third kappa shape index (κ3) is 3.01. The Labute approximate surface area is 124 Å². The Bertz CT molecular complexity index is 582. The summed E-state index contributed by atoms with van der Waals surface area (Å²) in [5.74, 6) is -1.95. The number of amides is 1. The minimum Gasteiger partial charge on any atom is -0.507 e. The number of aryl methyl sites for hydroxylation is 1. The number of hydrogen-bond acceptors (Lipinski definition) is 3. The highest BCUT2D eigenvalue weighted by Gasteiger charge is 2.41. The lowest BCUT2D eigenvalue weighted by Gasteiger charge is -2.17. The maximum absolute atomic E-state index is 12.4. The molecule has 0 heterocycles. The lowest BCUT2D eigenvalue weighted by atomic mass is 9.95. The average molecular weight is 291 g/mol. The molecule has 1 aromatic rings. The molecule has 5 nitrogen and oxygen atoms in total. The minimum absolute atomic E-state index is 0.155. The first-order chi connectivity index (χ1) is 9.81. The predicted molar refractivity (Wildman–Crippen MR) is 79.2 cm³/mol. The maximum Gasteiger partial charge on any atom is 0.307 e. The van der Waals surface area contributed by atoms with E-state index in [1.807, 2.05) is 6.92 Å². The molecular formula is C16H21NO4. The van der Waals surface area contributed by atoms with Gasteiger partial charge in [-0.3, -0.25) is 9.59 Å². The molecule has 5 heteroatoms. The van der Waals surface area contributed by atoms with Crippen LogP contribution in [0.15, 0.2) is 12.1 Å². The van der Waals surface area contributed by atoms with Crippen LogP contribution in [0.1, 0.15) is 30.9 Å². The summed E-state index contributed by atoms with van der Waals surface area (Å²) in [6.45, 7) is 5.48. The number of carbonyl (C=O) groups excluding carboxylic acids is 1. The lowest BCUT2D eigenvalue weighted by molar-refractivity contribution is -0.145. The zero-order valence-electron chi connectivity index (χ0n) is 12.5. The molecule has 1 aliphatic carbocycles. The second-order valence-electron chi connectivity index (χ2n) is 6.02. The van der Waals surface area contributed by atoms with E-state index in [4.69, 9.17) is 0 Å². The van der Waals surface area contributed by atoms with Crippen molar-refractivity contribution in [3.63, 3.8) is 0 Å². The van der Waals surface area contributed by atoms with Crippen molar-refractivity contribution in [3.8, 4) is 5.75 Å². The van der Waals surface area contributed by atoms with Crippen LogP contribution in [0.25, 0.3) is 0 Å². The molecule has 1 unspecified atom stereocenters. The van der Waals surface area contributed by atoms with Gasteiger partial charge in [-0.25, -0.2) is 0 Å². The van der Waals surface area contributed by atoms with Crippen molar-refractivity contribution in [2.45, 2.75) is 33.6 Å². The molecule has 3 atom stereocenters. The monoisotopic (exact) mass is 291 g/mol. The highest BCUT2D eigenvalue weighted by atomic mass is 16.4. The summed E-state index contributed by atoms with van der Waals surface area (Å²) in [5, 5.41) is 21.9. The molecule has 1 aromatic carbocycles. The van der Waals surface area contributed by atoms with Crippen molar-refractivity contribution in [1.29, 1.82) is 0 Å². The first kappa shape index (κ1) is 15.4. The van der Waals surface area contributed by atoms with E-state index >= 15 is 0 Å². The van der Waals surface area contributed by atoms with Crippen LogP contribution in [-0.2, 0) is 9.59 Å². The van der Waals surface area contributed by atoms with Gasteiger partial charge < -0.3 is 15.5 Å². The first-order valence-electron chi connectivity index (χ1n) is 7.14. The second-order valence-corrected chi connectivity index (χ2v) is 6.02. The minimum atomic E-state index is -0.914. The Morgan fingerprint density at radius 3 is 2.43 bits per heavy atom. The number of phenolic OH excluding ortho intramolecular Hbond substituents is 1. The van der Waals surface area contributed by atoms with E-state index in [0.29, 0.717) is 24.1 Å². The number of nitrogens with one attached hydrogen (secondary N) is 1. The molecule has 0 bridgehead atoms. The van der Waals surface area contributed by atoms with Crippen molar-refractivity contribution < 1.29 is 19.8 Å². The molecular weight excluding hydrogens is 270 g/mol. The molecule has 1 aliphatic rings. The molecule has 1 amide bonds. The standard InChI is InChI=1S/C16H21NO4/c1-8-6-11(12(7-8)16(20)21)15(19)17-13-5-4-9(2)14(18)10(13)3/h4-5,8,11-12,18H,6-7H2,1-3H3,(H,17,19)(H,20,21)/t8?,11-,12+/m0/s1. The molecule has 0 radical (unpaired) electrons. The maximum atomic E-state index is 12.4. The van der Waals surface area contributed by atoms with E-state index < -0.39 is 17.8 Å². The number of phenols is 1. The van der Waals surface area contributed by atoms with Gasteiger partial charge in [0.2, 0.25) is 5.91 Å². The quantitative estimate of drug-likeness (QED) is 0.799. The third-order valence-corrected chi connectivity index (χ3v) is 4.34. The van der Waals surface area contributed by atoms with Gasteiger partial charge in [-0.05, 0) is 44.2 Å². The molecule has 0 aliphatic heterocycles. The summed E-state index contributed by atoms with van der Waals surface area (Å²) in [4.78, 5) is 23.6. The number of carbonyl (C=O) groups is 2. The fourth-order valence-electron chi connectivity index (χ4n) is 3.05. The topological polar surface area (TPSA) is 86.6 Å². The Hall–Kier alpha value is -2.04. The van der Waals surface area contributed by atoms with Crippen LogP contribution in [0.2, 0.25) is 0 Å². The number of anilines is 1. The number of carboxylic acid groups (broad SMARTS) is 1. The Morgan fingerprint density at radius 2 is 1.81 bits per heavy atom. The normalized spacial score (nSPS) is 24.8. The van der Waals surface area contributed by atoms with Gasteiger partial charge in [-0.15, -0.1) is 0 Å². The molecule has 1 saturated carbocycles. The molecule has 2 rings (SSSR count). The molecule has 0 aromatic heterocycles. The van der Waals surface area contributed by atoms with Gasteiger partial charge in [0.05, 0.1) is 11.8 Å². The number of benzene rings is 1. The van der Waals surface area contributed by atoms with Gasteiger partial charge in [0.25, 0.3) is 0 Å². The van der Waals surface area contributed by atoms with Gasteiger partial charge in [-0.2, -0.15) is 0 Å². The van der Waals surface area contributed by atoms with Crippen LogP contribution in [-0.4, -0.2) is 22.1 Å². The summed E-state index contributed by atoms with van der Waals surface area (Å²) >= 11 is 0. The zero-order valence-corrected chi connectivity index (χ0v) is 12.5. The highest BCUT2D eigenvalue weighted by Crippen LogP contribution is 2.37. The number of carboxylic acids is 1. The molecule has 3 N–H and O–H groups in total. The van der Waals surface area contributed by atoms with Crippen LogP contribution in [0.5, 0.6) is 5.75 Å². The molecule has 0 saturated heterocycles. The van der Waals surface area contributed by atoms with Crippen LogP contribution < -0.4 is 5.32 Å². The Kier molecular flexibility index (Phi) is 4.21. The predicted octanol–water partition coefficient (Wildman–Crippen LogP) is 2.69. The van der Waals surface area contributed by atoms with E-state index in [9.17, 15) is 19.8 Å². The van der Waals surface area contributed by atoms with Gasteiger partial charge >= 0.3 is 5.97 Å². The van der Waals surface area contributed by atoms with E-state index in [-0.39, 0.29) is 17.6 Å². The molecule has 114 valence electrons. The third-order valence-electron chi connectivity index (χ3n) is 4.34. The molecule has 21 heavy (non-hydrogen) atoms. The van der Waals surface area contributed by atoms with Crippen LogP contribution in [0.4, 0.5) is 5.69 Å². The van der Waals surface area contributed by atoms with Crippen molar-refractivity contribution in [1.82, 2.24) is 0 Å². The van der Waals surface area contributed by atoms with Crippen LogP contribution in [0.3, 0.4) is 0 Å². The summed E-state index contributed by atoms with van der Waals surface area (Å²) in [6.07, 6.45) is 1.12. The van der Waals surface area contributed by atoms with E-state index in [1.54, 1.807) is 26.0 Å². The summed E-state index contributed by atoms with van der Waals surface area (Å²) < 4.78 is 0. The fourth-order valence-corrected chi connectivity index (χ4v) is 3.05. The lowest BCUT2D eigenvalue weighted by Crippen LogP contribution is -2.30. The van der Waals surface area contributed by atoms with Crippen molar-refractivity contribution in [2.75, 3.05) is 5.32 Å². The summed E-state index contributed by atoms with van der Waals surface area (Å²) in [5.41, 5.74) is 1.87. The fraction of sp³-hybridized carbons (Fsp3) is 0.500. The number of aliphatic carboxylic acids is 1. The Morgan fingerprint density at radius 1 is 1.19 bits per heavy atom. The van der Waals surface area contributed by atoms with Crippen molar-refractivity contribution in [2.24, 2.45) is 17.8 Å². The molecule has 1 fully saturated rings. The first-order valence-corrected chi connectivity index (χ1v) is 7.14. The Balaban J connectivity index is 2.18. The van der Waals surface area contributed by atoms with Crippen LogP contribution in [0, 0.1) is 31.6 Å². The number of hydrogen-bond donors (Lipinski definition) is 3. The largest absolute Gasteiger partial charge is 0.507 e. The van der Waals surface area contributed by atoms with Gasteiger partial charge in [0.1, 0.15) is 5.75 Å². The van der Waals surface area contributed by atoms with Gasteiger partial charge in [-0.1, -0.05) is 13.0 Å². The number of aromatic hydroxyl groups is 1. The van der Waals surface area contributed by atoms with Crippen LogP contribution >= 0.6 is 0 Å². The van der Waals surface area contributed by atoms with Crippen molar-refractivity contribution in [3.05, 3.63) is 23.3 Å². The second kappa shape index (κ2) is 5.76. The van der Waals surface area contributed by atoms with E-state index in [0.717, 1.165) is 5.56 Å². The van der Waals surface area contributed by atoms with E-state index in [2.05, 4.69) is 5.32 Å². The summed E-state index contributed by atoms with van der Waals surface area (Å²) in [7, 11) is 0. The smallest absolute Gasteiger partial charge is 0.307 e.